The van der Waals surface area contributed by atoms with E-state index in [-0.39, 0.29) is 12.6 Å². The van der Waals surface area contributed by atoms with Crippen molar-refractivity contribution in [3.05, 3.63) is 56.6 Å². The third-order valence-corrected chi connectivity index (χ3v) is 5.41. The summed E-state index contributed by atoms with van der Waals surface area (Å²) in [5.74, 6) is 0.996. The number of benzene rings is 2. The van der Waals surface area contributed by atoms with E-state index in [2.05, 4.69) is 6.92 Å². The largest absolute Gasteiger partial charge is 0.493 e. The lowest BCUT2D eigenvalue weighted by Crippen LogP contribution is -2.13. The van der Waals surface area contributed by atoms with E-state index in [1.807, 2.05) is 46.8 Å². The van der Waals surface area contributed by atoms with E-state index in [1.54, 1.807) is 14.2 Å². The highest BCUT2D eigenvalue weighted by Crippen LogP contribution is 2.31. The molecular formula is C22H28O4. The average molecular weight is 356 g/mol. The lowest BCUT2D eigenvalue weighted by Gasteiger charge is -2.18. The van der Waals surface area contributed by atoms with Gasteiger partial charge in [0, 0.05) is 0 Å². The molecule has 0 fully saturated rings. The Labute approximate surface area is 156 Å². The van der Waals surface area contributed by atoms with Crippen LogP contribution in [0.2, 0.25) is 0 Å². The van der Waals surface area contributed by atoms with Crippen LogP contribution in [0.25, 0.3) is 0 Å². The zero-order valence-corrected chi connectivity index (χ0v) is 17.0. The lowest BCUT2D eigenvalue weighted by molar-refractivity contribution is 0.0470. The second kappa shape index (κ2) is 7.81. The van der Waals surface area contributed by atoms with Gasteiger partial charge in [-0.1, -0.05) is 0 Å². The molecule has 0 spiro atoms. The minimum atomic E-state index is -0.291. The zero-order chi connectivity index (χ0) is 19.6. The Morgan fingerprint density at radius 3 is 1.73 bits per heavy atom. The molecule has 0 aliphatic rings. The van der Waals surface area contributed by atoms with Gasteiger partial charge in [0.25, 0.3) is 0 Å². The molecule has 0 unspecified atom stereocenters. The van der Waals surface area contributed by atoms with Crippen molar-refractivity contribution >= 4 is 5.97 Å². The second-order valence-corrected chi connectivity index (χ2v) is 6.71. The molecule has 2 aromatic carbocycles. The smallest absolute Gasteiger partial charge is 0.339 e. The van der Waals surface area contributed by atoms with Gasteiger partial charge in [-0.25, -0.2) is 4.79 Å². The molecule has 0 bridgehead atoms. The quantitative estimate of drug-likeness (QED) is 0.714. The van der Waals surface area contributed by atoms with Gasteiger partial charge < -0.3 is 14.2 Å². The Morgan fingerprint density at radius 2 is 1.23 bits per heavy atom. The number of esters is 1. The van der Waals surface area contributed by atoms with Gasteiger partial charge in [-0.15, -0.1) is 0 Å². The van der Waals surface area contributed by atoms with Gasteiger partial charge in [0.2, 0.25) is 0 Å². The fourth-order valence-corrected chi connectivity index (χ4v) is 3.20. The maximum atomic E-state index is 12.8. The molecule has 0 amide bonds. The number of rotatable bonds is 5. The van der Waals surface area contributed by atoms with E-state index in [1.165, 1.54) is 5.56 Å². The first-order chi connectivity index (χ1) is 12.2. The molecule has 0 N–H and O–H groups in total. The molecule has 0 aliphatic heterocycles. The van der Waals surface area contributed by atoms with Crippen LogP contribution in [0, 0.1) is 41.5 Å². The summed E-state index contributed by atoms with van der Waals surface area (Å²) in [6.07, 6.45) is 0. The number of ether oxygens (including phenoxy) is 3. The van der Waals surface area contributed by atoms with Crippen molar-refractivity contribution in [2.75, 3.05) is 14.2 Å². The van der Waals surface area contributed by atoms with Crippen molar-refractivity contribution in [3.8, 4) is 11.5 Å². The maximum Gasteiger partial charge on any atom is 0.339 e. The van der Waals surface area contributed by atoms with Crippen LogP contribution in [0.1, 0.15) is 49.3 Å². The SMILES string of the molecule is COc1cc(C)c(COC(=O)c2c(C)c(C)c(C)c(C)c2C)cc1OC. The third-order valence-electron chi connectivity index (χ3n) is 5.41. The molecule has 4 nitrogen and oxygen atoms in total. The number of carbonyl (C=O) groups is 1. The summed E-state index contributed by atoms with van der Waals surface area (Å²) < 4.78 is 16.3. The molecule has 0 heterocycles. The zero-order valence-electron chi connectivity index (χ0n) is 17.0. The van der Waals surface area contributed by atoms with Crippen LogP contribution >= 0.6 is 0 Å². The van der Waals surface area contributed by atoms with E-state index < -0.39 is 0 Å². The molecule has 0 saturated heterocycles. The summed E-state index contributed by atoms with van der Waals surface area (Å²) in [5, 5.41) is 0. The fraction of sp³-hybridized carbons (Fsp3) is 0.409. The molecule has 0 radical (unpaired) electrons. The van der Waals surface area contributed by atoms with Crippen LogP contribution in [-0.2, 0) is 11.3 Å². The Balaban J connectivity index is 2.31. The highest BCUT2D eigenvalue weighted by molar-refractivity contribution is 5.93. The van der Waals surface area contributed by atoms with Crippen LogP contribution in [0.15, 0.2) is 12.1 Å². The Kier molecular flexibility index (Phi) is 5.96. The summed E-state index contributed by atoms with van der Waals surface area (Å²) in [7, 11) is 3.19. The predicted molar refractivity (Wildman–Crippen MR) is 104 cm³/mol. The van der Waals surface area contributed by atoms with Gasteiger partial charge in [0.15, 0.2) is 11.5 Å². The minimum absolute atomic E-state index is 0.190. The highest BCUT2D eigenvalue weighted by Gasteiger charge is 2.20. The van der Waals surface area contributed by atoms with Crippen molar-refractivity contribution in [2.45, 2.75) is 48.1 Å². The van der Waals surface area contributed by atoms with Crippen molar-refractivity contribution in [2.24, 2.45) is 0 Å². The number of aryl methyl sites for hydroxylation is 1. The Morgan fingerprint density at radius 1 is 0.769 bits per heavy atom. The van der Waals surface area contributed by atoms with Crippen LogP contribution in [0.4, 0.5) is 0 Å². The summed E-state index contributed by atoms with van der Waals surface area (Å²) in [5.41, 5.74) is 8.03. The van der Waals surface area contributed by atoms with Gasteiger partial charge in [-0.05, 0) is 92.6 Å². The van der Waals surface area contributed by atoms with E-state index in [9.17, 15) is 4.79 Å². The normalized spacial score (nSPS) is 10.6. The van der Waals surface area contributed by atoms with E-state index in [0.29, 0.717) is 17.1 Å². The van der Waals surface area contributed by atoms with Gasteiger partial charge in [-0.2, -0.15) is 0 Å². The topological polar surface area (TPSA) is 44.8 Å². The first kappa shape index (κ1) is 19.8. The van der Waals surface area contributed by atoms with Crippen molar-refractivity contribution in [1.29, 1.82) is 0 Å². The summed E-state index contributed by atoms with van der Waals surface area (Å²) in [6.45, 7) is 12.3. The van der Waals surface area contributed by atoms with Gasteiger partial charge >= 0.3 is 5.97 Å². The van der Waals surface area contributed by atoms with Gasteiger partial charge in [0.1, 0.15) is 6.61 Å². The summed E-state index contributed by atoms with van der Waals surface area (Å²) in [6, 6.07) is 3.74. The van der Waals surface area contributed by atoms with Crippen molar-refractivity contribution in [1.82, 2.24) is 0 Å². The van der Waals surface area contributed by atoms with Crippen LogP contribution in [-0.4, -0.2) is 20.2 Å². The standard InChI is InChI=1S/C22H28O4/c1-12-9-19(24-7)20(25-8)10-18(12)11-26-22(23)21-16(5)14(3)13(2)15(4)17(21)6/h9-10H,11H2,1-8H3. The minimum Gasteiger partial charge on any atom is -0.493 e. The molecule has 140 valence electrons. The second-order valence-electron chi connectivity index (χ2n) is 6.71. The van der Waals surface area contributed by atoms with Gasteiger partial charge in [-0.3, -0.25) is 0 Å². The van der Waals surface area contributed by atoms with E-state index in [0.717, 1.165) is 33.4 Å². The molecule has 26 heavy (non-hydrogen) atoms. The number of hydrogen-bond acceptors (Lipinski definition) is 4. The number of hydrogen-bond donors (Lipinski definition) is 0. The summed E-state index contributed by atoms with van der Waals surface area (Å²) in [4.78, 5) is 12.8. The van der Waals surface area contributed by atoms with Crippen molar-refractivity contribution < 1.29 is 19.0 Å². The third kappa shape index (κ3) is 3.55. The molecule has 2 rings (SSSR count). The Hall–Kier alpha value is -2.49. The lowest BCUT2D eigenvalue weighted by atomic mass is 9.90. The number of carbonyl (C=O) groups excluding carboxylic acids is 1. The molecule has 4 heteroatoms. The summed E-state index contributed by atoms with van der Waals surface area (Å²) >= 11 is 0. The monoisotopic (exact) mass is 356 g/mol. The van der Waals surface area contributed by atoms with E-state index >= 15 is 0 Å². The van der Waals surface area contributed by atoms with Crippen LogP contribution in [0.3, 0.4) is 0 Å². The van der Waals surface area contributed by atoms with E-state index in [4.69, 9.17) is 14.2 Å². The molecular weight excluding hydrogens is 328 g/mol. The molecule has 0 saturated carbocycles. The van der Waals surface area contributed by atoms with Gasteiger partial charge in [0.05, 0.1) is 19.8 Å². The molecule has 0 aromatic heterocycles. The first-order valence-corrected chi connectivity index (χ1v) is 8.68. The van der Waals surface area contributed by atoms with Crippen LogP contribution < -0.4 is 9.47 Å². The molecule has 0 atom stereocenters. The fourth-order valence-electron chi connectivity index (χ4n) is 3.20. The average Bonchev–Trinajstić information content (AvgIpc) is 2.63. The van der Waals surface area contributed by atoms with Crippen molar-refractivity contribution in [3.63, 3.8) is 0 Å². The first-order valence-electron chi connectivity index (χ1n) is 8.68. The molecule has 0 aliphatic carbocycles. The predicted octanol–water partition coefficient (Wildman–Crippen LogP) is 4.91. The number of methoxy groups -OCH3 is 2. The Bertz CT molecular complexity index is 821. The highest BCUT2D eigenvalue weighted by atomic mass is 16.5. The molecule has 2 aromatic rings. The van der Waals surface area contributed by atoms with Crippen LogP contribution in [0.5, 0.6) is 11.5 Å². The maximum absolute atomic E-state index is 12.8.